The SMILES string of the molecule is C[C@H](Sc1nc2ccccc2c(=O)n1CCCO)C(=O)N1c2ccccc2C[C@@H]1C. The molecular formula is C23H25N3O3S. The number of rotatable bonds is 6. The van der Waals surface area contributed by atoms with Crippen molar-refractivity contribution in [1.29, 1.82) is 0 Å². The summed E-state index contributed by atoms with van der Waals surface area (Å²) in [5.74, 6) is 0.00793. The first kappa shape index (κ1) is 20.6. The van der Waals surface area contributed by atoms with Crippen LogP contribution in [0.3, 0.4) is 0 Å². The van der Waals surface area contributed by atoms with Crippen LogP contribution < -0.4 is 10.5 Å². The van der Waals surface area contributed by atoms with Gasteiger partial charge in [-0.2, -0.15) is 0 Å². The normalized spacial score (nSPS) is 16.6. The summed E-state index contributed by atoms with van der Waals surface area (Å²) in [5.41, 5.74) is 2.62. The summed E-state index contributed by atoms with van der Waals surface area (Å²) in [5, 5.41) is 9.89. The molecule has 2 heterocycles. The van der Waals surface area contributed by atoms with E-state index in [-0.39, 0.29) is 24.1 Å². The van der Waals surface area contributed by atoms with Crippen molar-refractivity contribution in [3.8, 4) is 0 Å². The summed E-state index contributed by atoms with van der Waals surface area (Å²) in [4.78, 5) is 32.9. The summed E-state index contributed by atoms with van der Waals surface area (Å²) >= 11 is 1.30. The number of para-hydroxylation sites is 2. The number of aliphatic hydroxyl groups excluding tert-OH is 1. The lowest BCUT2D eigenvalue weighted by Crippen LogP contribution is -2.40. The van der Waals surface area contributed by atoms with Gasteiger partial charge in [-0.3, -0.25) is 14.2 Å². The maximum Gasteiger partial charge on any atom is 0.262 e. The molecule has 2 aromatic carbocycles. The Hall–Kier alpha value is -2.64. The second kappa shape index (κ2) is 8.62. The molecule has 4 rings (SSSR count). The third-order valence-corrected chi connectivity index (χ3v) is 6.52. The Morgan fingerprint density at radius 2 is 1.97 bits per heavy atom. The van der Waals surface area contributed by atoms with Crippen molar-refractivity contribution in [2.75, 3.05) is 11.5 Å². The van der Waals surface area contributed by atoms with Crippen LogP contribution in [0.1, 0.15) is 25.8 Å². The summed E-state index contributed by atoms with van der Waals surface area (Å²) < 4.78 is 1.58. The Morgan fingerprint density at radius 3 is 2.77 bits per heavy atom. The van der Waals surface area contributed by atoms with Gasteiger partial charge < -0.3 is 10.0 Å². The van der Waals surface area contributed by atoms with E-state index in [0.29, 0.717) is 29.0 Å². The van der Waals surface area contributed by atoms with E-state index < -0.39 is 5.25 Å². The highest BCUT2D eigenvalue weighted by Crippen LogP contribution is 2.34. The predicted molar refractivity (Wildman–Crippen MR) is 120 cm³/mol. The molecule has 0 radical (unpaired) electrons. The van der Waals surface area contributed by atoms with E-state index in [1.165, 1.54) is 17.3 Å². The van der Waals surface area contributed by atoms with Crippen LogP contribution in [0.25, 0.3) is 10.9 Å². The van der Waals surface area contributed by atoms with Gasteiger partial charge in [0.2, 0.25) is 5.91 Å². The predicted octanol–water partition coefficient (Wildman–Crippen LogP) is 3.24. The number of aliphatic hydroxyl groups is 1. The number of carbonyl (C=O) groups excluding carboxylic acids is 1. The fourth-order valence-corrected chi connectivity index (χ4v) is 4.95. The number of hydrogen-bond acceptors (Lipinski definition) is 5. The van der Waals surface area contributed by atoms with Gasteiger partial charge in [-0.1, -0.05) is 42.1 Å². The fourth-order valence-electron chi connectivity index (χ4n) is 3.97. The Morgan fingerprint density at radius 1 is 1.23 bits per heavy atom. The van der Waals surface area contributed by atoms with E-state index in [2.05, 4.69) is 18.0 Å². The van der Waals surface area contributed by atoms with Gasteiger partial charge in [0, 0.05) is 24.9 Å². The number of amides is 1. The number of benzene rings is 2. The van der Waals surface area contributed by atoms with Crippen molar-refractivity contribution in [3.05, 3.63) is 64.4 Å². The molecule has 7 heteroatoms. The molecule has 0 unspecified atom stereocenters. The van der Waals surface area contributed by atoms with Crippen molar-refractivity contribution in [2.45, 2.75) is 49.7 Å². The zero-order valence-electron chi connectivity index (χ0n) is 17.1. The molecule has 1 amide bonds. The van der Waals surface area contributed by atoms with Gasteiger partial charge in [-0.15, -0.1) is 0 Å². The molecule has 1 aromatic heterocycles. The summed E-state index contributed by atoms with van der Waals surface area (Å²) in [6, 6.07) is 15.3. The minimum Gasteiger partial charge on any atom is -0.396 e. The van der Waals surface area contributed by atoms with Crippen LogP contribution in [0.2, 0.25) is 0 Å². The summed E-state index contributed by atoms with van der Waals surface area (Å²) in [6.07, 6.45) is 1.29. The zero-order valence-corrected chi connectivity index (χ0v) is 17.9. The van der Waals surface area contributed by atoms with Crippen LogP contribution in [0.15, 0.2) is 58.5 Å². The molecule has 1 aliphatic rings. The van der Waals surface area contributed by atoms with Crippen LogP contribution in [-0.2, 0) is 17.8 Å². The second-order valence-electron chi connectivity index (χ2n) is 7.60. The molecule has 0 aliphatic carbocycles. The third-order valence-electron chi connectivity index (χ3n) is 5.44. The maximum absolute atomic E-state index is 13.3. The quantitative estimate of drug-likeness (QED) is 0.487. The fraction of sp³-hybridized carbons (Fsp3) is 0.348. The van der Waals surface area contributed by atoms with Crippen LogP contribution in [0, 0.1) is 0 Å². The van der Waals surface area contributed by atoms with E-state index in [4.69, 9.17) is 0 Å². The molecule has 1 N–H and O–H groups in total. The van der Waals surface area contributed by atoms with E-state index in [0.717, 1.165) is 12.1 Å². The number of hydrogen-bond donors (Lipinski definition) is 1. The van der Waals surface area contributed by atoms with E-state index in [9.17, 15) is 14.7 Å². The van der Waals surface area contributed by atoms with Crippen LogP contribution in [0.5, 0.6) is 0 Å². The van der Waals surface area contributed by atoms with Crippen molar-refractivity contribution in [3.63, 3.8) is 0 Å². The molecule has 0 bridgehead atoms. The molecule has 0 spiro atoms. The highest BCUT2D eigenvalue weighted by molar-refractivity contribution is 8.00. The topological polar surface area (TPSA) is 75.4 Å². The zero-order chi connectivity index (χ0) is 21.3. The first-order valence-corrected chi connectivity index (χ1v) is 11.1. The highest BCUT2D eigenvalue weighted by Gasteiger charge is 2.34. The molecule has 3 aromatic rings. The Kier molecular flexibility index (Phi) is 5.92. The van der Waals surface area contributed by atoms with Gasteiger partial charge in [-0.05, 0) is 50.5 Å². The molecule has 30 heavy (non-hydrogen) atoms. The molecule has 1 aliphatic heterocycles. The minimum absolute atomic E-state index is 0.00793. The van der Waals surface area contributed by atoms with E-state index in [1.54, 1.807) is 10.6 Å². The number of nitrogens with zero attached hydrogens (tertiary/aromatic N) is 3. The lowest BCUT2D eigenvalue weighted by molar-refractivity contribution is -0.118. The molecule has 0 saturated carbocycles. The van der Waals surface area contributed by atoms with Gasteiger partial charge in [0.05, 0.1) is 16.2 Å². The monoisotopic (exact) mass is 423 g/mol. The number of anilines is 1. The highest BCUT2D eigenvalue weighted by atomic mass is 32.2. The molecule has 0 saturated heterocycles. The van der Waals surface area contributed by atoms with E-state index >= 15 is 0 Å². The van der Waals surface area contributed by atoms with Crippen LogP contribution >= 0.6 is 11.8 Å². The second-order valence-corrected chi connectivity index (χ2v) is 8.90. The van der Waals surface area contributed by atoms with Gasteiger partial charge in [0.1, 0.15) is 0 Å². The smallest absolute Gasteiger partial charge is 0.262 e. The molecule has 6 nitrogen and oxygen atoms in total. The maximum atomic E-state index is 13.3. The molecule has 0 fully saturated rings. The molecular weight excluding hydrogens is 398 g/mol. The van der Waals surface area contributed by atoms with Crippen molar-refractivity contribution >= 4 is 34.3 Å². The number of fused-ring (bicyclic) bond motifs is 2. The lowest BCUT2D eigenvalue weighted by atomic mass is 10.1. The molecule has 2 atom stereocenters. The molecule has 156 valence electrons. The largest absolute Gasteiger partial charge is 0.396 e. The van der Waals surface area contributed by atoms with Gasteiger partial charge >= 0.3 is 0 Å². The number of carbonyl (C=O) groups is 1. The Labute approximate surface area is 179 Å². The third kappa shape index (κ3) is 3.75. The van der Waals surface area contributed by atoms with Gasteiger partial charge in [0.25, 0.3) is 5.56 Å². The number of aromatic nitrogens is 2. The first-order chi connectivity index (χ1) is 14.5. The van der Waals surface area contributed by atoms with E-state index in [1.807, 2.05) is 48.2 Å². The van der Waals surface area contributed by atoms with Crippen LogP contribution in [0.4, 0.5) is 5.69 Å². The lowest BCUT2D eigenvalue weighted by Gasteiger charge is -2.26. The van der Waals surface area contributed by atoms with Crippen molar-refractivity contribution in [2.24, 2.45) is 0 Å². The first-order valence-electron chi connectivity index (χ1n) is 10.2. The minimum atomic E-state index is -0.410. The summed E-state index contributed by atoms with van der Waals surface area (Å²) in [7, 11) is 0. The number of thioether (sulfide) groups is 1. The standard InChI is InChI=1S/C23H25N3O3S/c1-15-14-17-8-3-6-11-20(17)26(15)21(28)16(2)30-23-24-19-10-5-4-9-18(19)22(29)25(23)12-7-13-27/h3-6,8-11,15-16,27H,7,12-14H2,1-2H3/t15-,16-/m0/s1. The average molecular weight is 424 g/mol. The van der Waals surface area contributed by atoms with Crippen LogP contribution in [-0.4, -0.2) is 38.5 Å². The Balaban J connectivity index is 1.66. The van der Waals surface area contributed by atoms with Crippen molar-refractivity contribution in [1.82, 2.24) is 9.55 Å². The van der Waals surface area contributed by atoms with Crippen molar-refractivity contribution < 1.29 is 9.90 Å². The summed E-state index contributed by atoms with van der Waals surface area (Å²) in [6.45, 7) is 4.26. The Bertz CT molecular complexity index is 1140. The average Bonchev–Trinajstić information content (AvgIpc) is 3.08. The van der Waals surface area contributed by atoms with Gasteiger partial charge in [0.15, 0.2) is 5.16 Å². The van der Waals surface area contributed by atoms with Gasteiger partial charge in [-0.25, -0.2) is 4.98 Å².